The maximum atomic E-state index is 5.88. The minimum atomic E-state index is 0.491. The molecule has 2 N–H and O–H groups in total. The summed E-state index contributed by atoms with van der Waals surface area (Å²) in [6, 6.07) is 0.491. The summed E-state index contributed by atoms with van der Waals surface area (Å²) >= 11 is 5.35. The van der Waals surface area contributed by atoms with Crippen molar-refractivity contribution in [2.45, 2.75) is 18.9 Å². The summed E-state index contributed by atoms with van der Waals surface area (Å²) in [5.74, 6) is 3.17. The number of nitrogens with two attached hydrogens (primary N) is 1. The fourth-order valence-electron chi connectivity index (χ4n) is 1.56. The third-order valence-corrected chi connectivity index (χ3v) is 4.08. The lowest BCUT2D eigenvalue weighted by Gasteiger charge is -2.22. The van der Waals surface area contributed by atoms with Gasteiger partial charge in [-0.1, -0.05) is 0 Å². The molecule has 1 atom stereocenters. The van der Waals surface area contributed by atoms with Crippen LogP contribution in [0.1, 0.15) is 18.9 Å². The molecule has 1 aliphatic rings. The standard InChI is InChI=1S/C8H12BrN3S/c9-7-4-11-12(8(7)10)6-2-1-3-13-5-6/h4,6H,1-3,5,10H2. The molecule has 13 heavy (non-hydrogen) atoms. The van der Waals surface area contributed by atoms with E-state index in [1.807, 2.05) is 16.4 Å². The van der Waals surface area contributed by atoms with Crippen LogP contribution in [0.3, 0.4) is 0 Å². The smallest absolute Gasteiger partial charge is 0.136 e. The van der Waals surface area contributed by atoms with Crippen LogP contribution in [0.2, 0.25) is 0 Å². The van der Waals surface area contributed by atoms with Crippen LogP contribution in [-0.4, -0.2) is 21.3 Å². The minimum Gasteiger partial charge on any atom is -0.383 e. The summed E-state index contributed by atoms with van der Waals surface area (Å²) in [5, 5.41) is 4.27. The number of aromatic nitrogens is 2. The van der Waals surface area contributed by atoms with Crippen LogP contribution >= 0.6 is 27.7 Å². The molecule has 0 aromatic carbocycles. The second-order valence-electron chi connectivity index (χ2n) is 3.19. The van der Waals surface area contributed by atoms with E-state index < -0.39 is 0 Å². The zero-order chi connectivity index (χ0) is 9.26. The Kier molecular flexibility index (Phi) is 2.83. The highest BCUT2D eigenvalue weighted by molar-refractivity contribution is 9.10. The van der Waals surface area contributed by atoms with E-state index in [4.69, 9.17) is 5.73 Å². The third-order valence-electron chi connectivity index (χ3n) is 2.27. The molecule has 1 fully saturated rings. The molecule has 1 unspecified atom stereocenters. The number of hydrogen-bond donors (Lipinski definition) is 1. The predicted octanol–water partition coefficient (Wildman–Crippen LogP) is 2.30. The highest BCUT2D eigenvalue weighted by atomic mass is 79.9. The molecule has 1 aliphatic heterocycles. The predicted molar refractivity (Wildman–Crippen MR) is 59.9 cm³/mol. The van der Waals surface area contributed by atoms with Crippen LogP contribution in [0.15, 0.2) is 10.7 Å². The third kappa shape index (κ3) is 1.86. The molecule has 0 spiro atoms. The van der Waals surface area contributed by atoms with Gasteiger partial charge in [-0.15, -0.1) is 0 Å². The van der Waals surface area contributed by atoms with Gasteiger partial charge in [0.1, 0.15) is 5.82 Å². The first-order chi connectivity index (χ1) is 6.29. The van der Waals surface area contributed by atoms with Gasteiger partial charge in [0, 0.05) is 5.75 Å². The molecule has 1 aromatic heterocycles. The van der Waals surface area contributed by atoms with Crippen LogP contribution in [0.25, 0.3) is 0 Å². The lowest BCUT2D eigenvalue weighted by Crippen LogP contribution is -2.18. The zero-order valence-corrected chi connectivity index (χ0v) is 9.64. The Balaban J connectivity index is 2.18. The van der Waals surface area contributed by atoms with Gasteiger partial charge in [-0.3, -0.25) is 0 Å². The molecule has 0 bridgehead atoms. The lowest BCUT2D eigenvalue weighted by atomic mass is 10.2. The number of nitrogen functional groups attached to an aromatic ring is 1. The van der Waals surface area contributed by atoms with Crippen molar-refractivity contribution in [2.24, 2.45) is 0 Å². The molecular formula is C8H12BrN3S. The molecule has 2 rings (SSSR count). The first-order valence-electron chi connectivity index (χ1n) is 4.35. The number of hydrogen-bond acceptors (Lipinski definition) is 3. The van der Waals surface area contributed by atoms with Crippen LogP contribution in [0.5, 0.6) is 0 Å². The molecule has 3 nitrogen and oxygen atoms in total. The van der Waals surface area contributed by atoms with Gasteiger partial charge >= 0.3 is 0 Å². The average Bonchev–Trinajstić information content (AvgIpc) is 2.49. The van der Waals surface area contributed by atoms with Crippen molar-refractivity contribution < 1.29 is 0 Å². The SMILES string of the molecule is Nc1c(Br)cnn1C1CCCSC1. The van der Waals surface area contributed by atoms with Gasteiger partial charge < -0.3 is 5.73 Å². The minimum absolute atomic E-state index is 0.491. The van der Waals surface area contributed by atoms with Gasteiger partial charge in [0.2, 0.25) is 0 Å². The molecule has 0 radical (unpaired) electrons. The molecule has 2 heterocycles. The Morgan fingerprint density at radius 1 is 1.69 bits per heavy atom. The van der Waals surface area contributed by atoms with E-state index in [1.54, 1.807) is 6.20 Å². The van der Waals surface area contributed by atoms with Crippen molar-refractivity contribution >= 4 is 33.5 Å². The Morgan fingerprint density at radius 2 is 2.54 bits per heavy atom. The van der Waals surface area contributed by atoms with Crippen molar-refractivity contribution in [3.8, 4) is 0 Å². The quantitative estimate of drug-likeness (QED) is 0.844. The van der Waals surface area contributed by atoms with Crippen molar-refractivity contribution in [1.29, 1.82) is 0 Å². The van der Waals surface area contributed by atoms with Crippen LogP contribution in [0, 0.1) is 0 Å². The Morgan fingerprint density at radius 3 is 3.08 bits per heavy atom. The normalized spacial score (nSPS) is 23.3. The maximum Gasteiger partial charge on any atom is 0.136 e. The summed E-state index contributed by atoms with van der Waals surface area (Å²) in [6.07, 6.45) is 4.24. The van der Waals surface area contributed by atoms with E-state index in [1.165, 1.54) is 18.6 Å². The molecule has 1 saturated heterocycles. The van der Waals surface area contributed by atoms with Crippen LogP contribution < -0.4 is 5.73 Å². The molecule has 0 amide bonds. The second-order valence-corrected chi connectivity index (χ2v) is 5.20. The van der Waals surface area contributed by atoms with Gasteiger partial charge in [-0.25, -0.2) is 4.68 Å². The second kappa shape index (κ2) is 3.92. The molecule has 5 heteroatoms. The summed E-state index contributed by atoms with van der Waals surface area (Å²) in [6.45, 7) is 0. The first kappa shape index (κ1) is 9.40. The van der Waals surface area contributed by atoms with Gasteiger partial charge in [0.05, 0.1) is 16.7 Å². The van der Waals surface area contributed by atoms with E-state index in [9.17, 15) is 0 Å². The van der Waals surface area contributed by atoms with Crippen molar-refractivity contribution in [3.63, 3.8) is 0 Å². The van der Waals surface area contributed by atoms with Gasteiger partial charge in [0.15, 0.2) is 0 Å². The summed E-state index contributed by atoms with van der Waals surface area (Å²) < 4.78 is 2.85. The van der Waals surface area contributed by atoms with Crippen molar-refractivity contribution in [1.82, 2.24) is 9.78 Å². The monoisotopic (exact) mass is 261 g/mol. The summed E-state index contributed by atoms with van der Waals surface area (Å²) in [7, 11) is 0. The number of nitrogens with zero attached hydrogens (tertiary/aromatic N) is 2. The molecule has 72 valence electrons. The highest BCUT2D eigenvalue weighted by Gasteiger charge is 2.18. The highest BCUT2D eigenvalue weighted by Crippen LogP contribution is 2.30. The number of halogens is 1. The average molecular weight is 262 g/mol. The Hall–Kier alpha value is -0.160. The van der Waals surface area contributed by atoms with Crippen LogP contribution in [-0.2, 0) is 0 Å². The molecule has 0 aliphatic carbocycles. The van der Waals surface area contributed by atoms with Crippen molar-refractivity contribution in [2.75, 3.05) is 17.2 Å². The number of anilines is 1. The summed E-state index contributed by atoms with van der Waals surface area (Å²) in [4.78, 5) is 0. The van der Waals surface area contributed by atoms with Crippen molar-refractivity contribution in [3.05, 3.63) is 10.7 Å². The molecule has 1 aromatic rings. The zero-order valence-electron chi connectivity index (χ0n) is 7.24. The van der Waals surface area contributed by atoms with E-state index >= 15 is 0 Å². The fourth-order valence-corrected chi connectivity index (χ4v) is 2.95. The van der Waals surface area contributed by atoms with Gasteiger partial charge in [-0.05, 0) is 34.5 Å². The Bertz CT molecular complexity index is 294. The maximum absolute atomic E-state index is 5.88. The van der Waals surface area contributed by atoms with Gasteiger partial charge in [0.25, 0.3) is 0 Å². The first-order valence-corrected chi connectivity index (χ1v) is 6.30. The van der Waals surface area contributed by atoms with E-state index in [0.29, 0.717) is 6.04 Å². The number of thioether (sulfide) groups is 1. The van der Waals surface area contributed by atoms with Gasteiger partial charge in [-0.2, -0.15) is 16.9 Å². The van der Waals surface area contributed by atoms with E-state index in [0.717, 1.165) is 16.0 Å². The fraction of sp³-hybridized carbons (Fsp3) is 0.625. The molecular weight excluding hydrogens is 250 g/mol. The Labute approximate surface area is 90.2 Å². The van der Waals surface area contributed by atoms with E-state index in [2.05, 4.69) is 21.0 Å². The number of rotatable bonds is 1. The largest absolute Gasteiger partial charge is 0.383 e. The molecule has 0 saturated carbocycles. The topological polar surface area (TPSA) is 43.8 Å². The lowest BCUT2D eigenvalue weighted by molar-refractivity contribution is 0.461. The van der Waals surface area contributed by atoms with E-state index in [-0.39, 0.29) is 0 Å². The summed E-state index contributed by atoms with van der Waals surface area (Å²) in [5.41, 5.74) is 5.88. The van der Waals surface area contributed by atoms with Crippen LogP contribution in [0.4, 0.5) is 5.82 Å².